The minimum atomic E-state index is -4.25. The first-order valence-electron chi connectivity index (χ1n) is 12.5. The van der Waals surface area contributed by atoms with Crippen LogP contribution in [-0.2, 0) is 47.0 Å². The van der Waals surface area contributed by atoms with Crippen molar-refractivity contribution in [1.82, 2.24) is 24.8 Å². The van der Waals surface area contributed by atoms with E-state index < -0.39 is 27.7 Å². The number of anilines is 1. The number of pyridine rings is 1. The molecular weight excluding hydrogens is 500 g/mol. The summed E-state index contributed by atoms with van der Waals surface area (Å²) < 4.78 is 40.4. The van der Waals surface area contributed by atoms with Crippen LogP contribution in [0.4, 0.5) is 15.4 Å². The number of nitrogens with one attached hydrogen (secondary N) is 3. The van der Waals surface area contributed by atoms with Crippen LogP contribution in [0.25, 0.3) is 0 Å². The van der Waals surface area contributed by atoms with Crippen LogP contribution in [0.5, 0.6) is 5.88 Å². The zero-order chi connectivity index (χ0) is 26.4. The van der Waals surface area contributed by atoms with Crippen LogP contribution >= 0.6 is 0 Å². The second-order valence-electron chi connectivity index (χ2n) is 10.7. The van der Waals surface area contributed by atoms with Gasteiger partial charge in [0, 0.05) is 18.2 Å². The van der Waals surface area contributed by atoms with Crippen molar-refractivity contribution in [3.63, 3.8) is 0 Å². The lowest BCUT2D eigenvalue weighted by molar-refractivity contribution is 0.0502. The van der Waals surface area contributed by atoms with Gasteiger partial charge in [0.05, 0.1) is 19.3 Å². The molecule has 2 aromatic heterocycles. The number of nitrogens with zero attached hydrogens (tertiary/aromatic N) is 3. The van der Waals surface area contributed by atoms with Crippen molar-refractivity contribution >= 4 is 28.0 Å². The molecule has 0 spiro atoms. The predicted octanol–water partition coefficient (Wildman–Crippen LogP) is 2.30. The first kappa shape index (κ1) is 25.3. The number of carbonyl (C=O) groups is 2. The minimum absolute atomic E-state index is 0.0466. The Labute approximate surface area is 215 Å². The summed E-state index contributed by atoms with van der Waals surface area (Å²) in [6.07, 6.45) is 6.30. The summed E-state index contributed by atoms with van der Waals surface area (Å²) in [4.78, 5) is 29.0. The fraction of sp³-hybridized carbons (Fsp3) is 0.583. The molecule has 1 aliphatic heterocycles. The molecule has 0 aromatic carbocycles. The highest BCUT2D eigenvalue weighted by Crippen LogP contribution is 2.36. The van der Waals surface area contributed by atoms with Gasteiger partial charge in [-0.15, -0.1) is 0 Å². The van der Waals surface area contributed by atoms with Crippen LogP contribution < -0.4 is 20.1 Å². The molecule has 1 atom stereocenters. The van der Waals surface area contributed by atoms with E-state index in [1.54, 1.807) is 20.8 Å². The van der Waals surface area contributed by atoms with Gasteiger partial charge in [0.15, 0.2) is 4.90 Å². The maximum atomic E-state index is 13.0. The second-order valence-corrected chi connectivity index (χ2v) is 12.3. The molecule has 2 aromatic rings. The van der Waals surface area contributed by atoms with Crippen LogP contribution in [0.2, 0.25) is 0 Å². The third kappa shape index (κ3) is 5.36. The summed E-state index contributed by atoms with van der Waals surface area (Å²) >= 11 is 0. The van der Waals surface area contributed by atoms with Crippen LogP contribution in [0.15, 0.2) is 11.1 Å². The summed E-state index contributed by atoms with van der Waals surface area (Å²) in [5.41, 5.74) is 3.95. The quantitative estimate of drug-likeness (QED) is 0.530. The lowest BCUT2D eigenvalue weighted by Crippen LogP contribution is -2.39. The largest absolute Gasteiger partial charge is 0.476 e. The molecule has 0 fully saturated rings. The lowest BCUT2D eigenvalue weighted by Gasteiger charge is -2.25. The molecule has 0 bridgehead atoms. The summed E-state index contributed by atoms with van der Waals surface area (Å²) in [6.45, 7) is 6.10. The number of amides is 3. The van der Waals surface area contributed by atoms with E-state index >= 15 is 0 Å². The highest BCUT2D eigenvalue weighted by Gasteiger charge is 2.32. The van der Waals surface area contributed by atoms with Gasteiger partial charge in [-0.05, 0) is 76.0 Å². The van der Waals surface area contributed by atoms with Crippen molar-refractivity contribution in [3.8, 4) is 5.88 Å². The van der Waals surface area contributed by atoms with E-state index in [0.717, 1.165) is 56.0 Å². The van der Waals surface area contributed by atoms with E-state index in [2.05, 4.69) is 25.4 Å². The number of aromatic nitrogens is 3. The van der Waals surface area contributed by atoms with Gasteiger partial charge in [0.1, 0.15) is 11.4 Å². The van der Waals surface area contributed by atoms with E-state index in [9.17, 15) is 18.0 Å². The standard InChI is InChI=1S/C24H32N6O6S/c1-24(2,3)36-23(32)25-10-14-12-30-21(35-13-14)19(11-26-30)37(33,34)29-22(31)28-20-17-8-4-6-15(17)16-7-5-9-18(16)27-20/h11,14H,4-10,12-13H2,1-3H3,(H,25,32)(H2,27,28,29,31). The smallest absolute Gasteiger partial charge is 0.407 e. The normalized spacial score (nSPS) is 18.3. The number of ether oxygens (including phenoxy) is 2. The molecule has 1 unspecified atom stereocenters. The van der Waals surface area contributed by atoms with Crippen molar-refractivity contribution in [2.75, 3.05) is 18.5 Å². The number of alkyl carbamates (subject to hydrolysis) is 1. The van der Waals surface area contributed by atoms with Crippen molar-refractivity contribution in [1.29, 1.82) is 0 Å². The lowest BCUT2D eigenvalue weighted by atomic mass is 10.0. The van der Waals surface area contributed by atoms with Gasteiger partial charge in [0.25, 0.3) is 10.0 Å². The van der Waals surface area contributed by atoms with Crippen LogP contribution in [0.3, 0.4) is 0 Å². The van der Waals surface area contributed by atoms with Crippen molar-refractivity contribution < 1.29 is 27.5 Å². The number of urea groups is 1. The van der Waals surface area contributed by atoms with E-state index in [-0.39, 0.29) is 29.8 Å². The number of hydrogen-bond donors (Lipinski definition) is 3. The topological polar surface area (TPSA) is 154 Å². The van der Waals surface area contributed by atoms with E-state index in [4.69, 9.17) is 9.47 Å². The maximum absolute atomic E-state index is 13.0. The van der Waals surface area contributed by atoms with Crippen molar-refractivity contribution in [2.45, 2.75) is 76.3 Å². The van der Waals surface area contributed by atoms with Gasteiger partial charge in [0.2, 0.25) is 5.88 Å². The predicted molar refractivity (Wildman–Crippen MR) is 133 cm³/mol. The van der Waals surface area contributed by atoms with Gasteiger partial charge in [-0.1, -0.05) is 0 Å². The number of carbonyl (C=O) groups excluding carboxylic acids is 2. The van der Waals surface area contributed by atoms with Crippen molar-refractivity contribution in [3.05, 3.63) is 28.6 Å². The maximum Gasteiger partial charge on any atom is 0.407 e. The monoisotopic (exact) mass is 532 g/mol. The average molecular weight is 533 g/mol. The van der Waals surface area contributed by atoms with Crippen LogP contribution in [0.1, 0.15) is 56.0 Å². The summed E-state index contributed by atoms with van der Waals surface area (Å²) in [7, 11) is -4.25. The summed E-state index contributed by atoms with van der Waals surface area (Å²) in [5.74, 6) is 0.347. The highest BCUT2D eigenvalue weighted by atomic mass is 32.2. The Morgan fingerprint density at radius 3 is 2.65 bits per heavy atom. The number of rotatable bonds is 5. The van der Waals surface area contributed by atoms with Gasteiger partial charge in [-0.2, -0.15) is 5.10 Å². The van der Waals surface area contributed by atoms with Crippen molar-refractivity contribution in [2.24, 2.45) is 5.92 Å². The molecule has 37 heavy (non-hydrogen) atoms. The Hall–Kier alpha value is -3.35. The van der Waals surface area contributed by atoms with E-state index in [1.165, 1.54) is 15.8 Å². The summed E-state index contributed by atoms with van der Waals surface area (Å²) in [5, 5.41) is 9.47. The number of aryl methyl sites for hydroxylation is 1. The first-order valence-corrected chi connectivity index (χ1v) is 14.0. The molecule has 3 N–H and O–H groups in total. The molecular formula is C24H32N6O6S. The zero-order valence-corrected chi connectivity index (χ0v) is 22.0. The van der Waals surface area contributed by atoms with Gasteiger partial charge in [-0.3, -0.25) is 5.32 Å². The Balaban J connectivity index is 1.23. The first-order chi connectivity index (χ1) is 17.5. The third-order valence-corrected chi connectivity index (χ3v) is 7.95. The fourth-order valence-electron chi connectivity index (χ4n) is 5.11. The Bertz CT molecular complexity index is 1350. The molecule has 3 amide bonds. The molecule has 0 radical (unpaired) electrons. The number of fused-ring (bicyclic) bond motifs is 4. The Morgan fingerprint density at radius 1 is 1.14 bits per heavy atom. The molecule has 0 saturated heterocycles. The molecule has 2 aliphatic carbocycles. The van der Waals surface area contributed by atoms with Gasteiger partial charge < -0.3 is 14.8 Å². The van der Waals surface area contributed by atoms with Crippen LogP contribution in [-0.4, -0.2) is 54.1 Å². The average Bonchev–Trinajstić information content (AvgIpc) is 3.54. The highest BCUT2D eigenvalue weighted by molar-refractivity contribution is 7.90. The number of sulfonamides is 1. The van der Waals surface area contributed by atoms with Gasteiger partial charge in [-0.25, -0.2) is 32.4 Å². The molecule has 3 aliphatic rings. The second kappa shape index (κ2) is 9.51. The third-order valence-electron chi connectivity index (χ3n) is 6.63. The molecule has 3 heterocycles. The fourth-order valence-corrected chi connectivity index (χ4v) is 6.09. The van der Waals surface area contributed by atoms with E-state index in [0.29, 0.717) is 12.4 Å². The summed E-state index contributed by atoms with van der Waals surface area (Å²) in [6, 6.07) is -0.880. The van der Waals surface area contributed by atoms with Gasteiger partial charge >= 0.3 is 12.1 Å². The Morgan fingerprint density at radius 2 is 1.86 bits per heavy atom. The minimum Gasteiger partial charge on any atom is -0.476 e. The zero-order valence-electron chi connectivity index (χ0n) is 21.2. The molecule has 12 nitrogen and oxygen atoms in total. The van der Waals surface area contributed by atoms with Crippen LogP contribution in [0, 0.1) is 5.92 Å². The molecule has 5 rings (SSSR count). The number of hydrogen-bond acceptors (Lipinski definition) is 8. The molecule has 0 saturated carbocycles. The SMILES string of the molecule is CC(C)(C)OC(=O)NCC1COc2c(S(=O)(=O)NC(=O)Nc3nc4c(c5c3CCC5)CCC4)cnn2C1. The Kier molecular flexibility index (Phi) is 6.50. The molecule has 13 heteroatoms. The van der Waals surface area contributed by atoms with E-state index in [1.807, 2.05) is 0 Å². The molecule has 200 valence electrons.